The van der Waals surface area contributed by atoms with Crippen LogP contribution in [-0.4, -0.2) is 0 Å². The molecule has 0 amide bonds. The second-order valence-electron chi connectivity index (χ2n) is 13.8. The number of anilines is 6. The number of nitrogens with zero attached hydrogens (tertiary/aromatic N) is 2. The largest absolute Gasteiger partial charge is 0.453 e. The number of ether oxygens (including phenoxy) is 1. The van der Waals surface area contributed by atoms with Crippen molar-refractivity contribution >= 4 is 55.7 Å². The van der Waals surface area contributed by atoms with Crippen LogP contribution in [0.2, 0.25) is 0 Å². The maximum atomic E-state index is 6.86. The van der Waals surface area contributed by atoms with Gasteiger partial charge in [0.1, 0.15) is 0 Å². The fourth-order valence-electron chi connectivity index (χ4n) is 8.15. The van der Waals surface area contributed by atoms with Crippen LogP contribution in [0.4, 0.5) is 34.1 Å². The minimum absolute atomic E-state index is 0.281. The molecule has 3 nitrogen and oxygen atoms in total. The van der Waals surface area contributed by atoms with Gasteiger partial charge in [-0.15, -0.1) is 0 Å². The Kier molecular flexibility index (Phi) is 6.22. The van der Waals surface area contributed by atoms with Crippen molar-refractivity contribution in [2.45, 2.75) is 19.3 Å². The molecule has 0 aromatic heterocycles. The summed E-state index contributed by atoms with van der Waals surface area (Å²) in [5.41, 5.74) is 11.3. The van der Waals surface area contributed by atoms with E-state index in [1.807, 2.05) is 0 Å². The van der Waals surface area contributed by atoms with Crippen molar-refractivity contribution in [3.8, 4) is 22.6 Å². The van der Waals surface area contributed by atoms with Crippen LogP contribution in [0.5, 0.6) is 11.5 Å². The molecule has 2 aliphatic rings. The molecule has 0 fully saturated rings. The number of hydrogen-bond acceptors (Lipinski definition) is 3. The number of benzene rings is 8. The molecule has 2 heterocycles. The quantitative estimate of drug-likeness (QED) is 0.178. The first-order chi connectivity index (χ1) is 24.6. The third kappa shape index (κ3) is 4.23. The lowest BCUT2D eigenvalue weighted by Gasteiger charge is -2.45. The van der Waals surface area contributed by atoms with Crippen molar-refractivity contribution in [2.75, 3.05) is 9.80 Å². The molecule has 0 radical (unpaired) electrons. The van der Waals surface area contributed by atoms with Crippen LogP contribution < -0.4 is 14.5 Å². The molecular formula is C47H34N2O. The van der Waals surface area contributed by atoms with E-state index in [0.29, 0.717) is 0 Å². The van der Waals surface area contributed by atoms with Crippen molar-refractivity contribution in [3.05, 3.63) is 181 Å². The summed E-state index contributed by atoms with van der Waals surface area (Å²) < 4.78 is 6.86. The molecule has 0 saturated carbocycles. The van der Waals surface area contributed by atoms with Gasteiger partial charge in [-0.2, -0.15) is 0 Å². The van der Waals surface area contributed by atoms with E-state index in [0.717, 1.165) is 39.9 Å². The molecular weight excluding hydrogens is 609 g/mol. The molecule has 0 unspecified atom stereocenters. The Bertz CT molecular complexity index is 2610. The average Bonchev–Trinajstić information content (AvgIpc) is 3.17. The first-order valence-corrected chi connectivity index (χ1v) is 17.3. The lowest BCUT2D eigenvalue weighted by Crippen LogP contribution is -2.32. The molecule has 10 rings (SSSR count). The summed E-state index contributed by atoms with van der Waals surface area (Å²) in [6, 6.07) is 61.2. The van der Waals surface area contributed by atoms with Crippen molar-refractivity contribution in [2.24, 2.45) is 0 Å². The van der Waals surface area contributed by atoms with Gasteiger partial charge in [-0.05, 0) is 80.9 Å². The summed E-state index contributed by atoms with van der Waals surface area (Å²) >= 11 is 0. The zero-order valence-electron chi connectivity index (χ0n) is 28.0. The third-order valence-corrected chi connectivity index (χ3v) is 10.6. The highest BCUT2D eigenvalue weighted by Crippen LogP contribution is 2.61. The Labute approximate surface area is 292 Å². The highest BCUT2D eigenvalue weighted by Gasteiger charge is 2.42. The fraction of sp³-hybridized carbons (Fsp3) is 0.0638. The smallest absolute Gasteiger partial charge is 0.153 e. The molecule has 0 spiro atoms. The Hall–Kier alpha value is -6.32. The minimum atomic E-state index is -0.281. The van der Waals surface area contributed by atoms with E-state index < -0.39 is 0 Å². The van der Waals surface area contributed by atoms with Crippen LogP contribution in [0, 0.1) is 0 Å². The standard InChI is InChI=1S/C47H34N2O/c1-47(2)39-20-10-11-21-41(39)49-42-22-12-13-23-44(42)50-45-30-35(29-40(47)46(45)49)48(34-26-24-32(25-27-34)31-14-4-3-5-15-31)43-28-33-16-6-7-17-36(33)37-18-8-9-19-38(37)43/h3-30H,1-2H3. The van der Waals surface area contributed by atoms with E-state index in [1.165, 1.54) is 49.5 Å². The molecule has 50 heavy (non-hydrogen) atoms. The second-order valence-corrected chi connectivity index (χ2v) is 13.8. The van der Waals surface area contributed by atoms with Gasteiger partial charge in [-0.3, -0.25) is 0 Å². The molecule has 0 saturated heterocycles. The summed E-state index contributed by atoms with van der Waals surface area (Å²) in [5, 5.41) is 4.88. The topological polar surface area (TPSA) is 15.7 Å². The monoisotopic (exact) mass is 642 g/mol. The maximum Gasteiger partial charge on any atom is 0.153 e. The summed E-state index contributed by atoms with van der Waals surface area (Å²) in [5.74, 6) is 1.71. The highest BCUT2D eigenvalue weighted by atomic mass is 16.5. The normalized spacial score (nSPS) is 13.7. The summed E-state index contributed by atoms with van der Waals surface area (Å²) in [7, 11) is 0. The van der Waals surface area contributed by atoms with Crippen molar-refractivity contribution in [1.82, 2.24) is 0 Å². The Morgan fingerprint density at radius 2 is 1.12 bits per heavy atom. The Morgan fingerprint density at radius 3 is 1.94 bits per heavy atom. The van der Waals surface area contributed by atoms with E-state index in [2.05, 4.69) is 194 Å². The van der Waals surface area contributed by atoms with Gasteiger partial charge in [0.2, 0.25) is 0 Å². The van der Waals surface area contributed by atoms with Crippen LogP contribution in [-0.2, 0) is 5.41 Å². The van der Waals surface area contributed by atoms with Gasteiger partial charge < -0.3 is 14.5 Å². The van der Waals surface area contributed by atoms with Crippen molar-refractivity contribution in [3.63, 3.8) is 0 Å². The molecule has 2 aliphatic heterocycles. The molecule has 8 aromatic carbocycles. The molecule has 0 bridgehead atoms. The van der Waals surface area contributed by atoms with Gasteiger partial charge in [-0.1, -0.05) is 135 Å². The second kappa shape index (κ2) is 10.8. The van der Waals surface area contributed by atoms with Gasteiger partial charge in [-0.25, -0.2) is 0 Å². The lowest BCUT2D eigenvalue weighted by molar-refractivity contribution is 0.471. The SMILES string of the molecule is CC1(C)c2ccccc2N2c3ccccc3Oc3cc(N(c4ccc(-c5ccccc5)cc4)c4cc5ccccc5c5ccccc45)cc1c32. The number of rotatable bonds is 4. The zero-order chi connectivity index (χ0) is 33.4. The molecule has 238 valence electrons. The van der Waals surface area contributed by atoms with Gasteiger partial charge in [0, 0.05) is 22.6 Å². The van der Waals surface area contributed by atoms with Crippen LogP contribution in [0.1, 0.15) is 25.0 Å². The third-order valence-electron chi connectivity index (χ3n) is 10.6. The molecule has 0 atom stereocenters. The van der Waals surface area contributed by atoms with Gasteiger partial charge in [0.05, 0.1) is 28.4 Å². The summed E-state index contributed by atoms with van der Waals surface area (Å²) in [4.78, 5) is 4.82. The molecule has 3 heteroatoms. The van der Waals surface area contributed by atoms with Gasteiger partial charge >= 0.3 is 0 Å². The minimum Gasteiger partial charge on any atom is -0.453 e. The van der Waals surface area contributed by atoms with Crippen LogP contribution >= 0.6 is 0 Å². The fourth-order valence-corrected chi connectivity index (χ4v) is 8.15. The van der Waals surface area contributed by atoms with E-state index in [-0.39, 0.29) is 5.41 Å². The van der Waals surface area contributed by atoms with Crippen molar-refractivity contribution < 1.29 is 4.74 Å². The Morgan fingerprint density at radius 1 is 0.480 bits per heavy atom. The highest BCUT2D eigenvalue weighted by molar-refractivity contribution is 6.14. The molecule has 0 N–H and O–H groups in total. The number of fused-ring (bicyclic) bond motifs is 7. The zero-order valence-corrected chi connectivity index (χ0v) is 28.0. The van der Waals surface area contributed by atoms with E-state index in [1.54, 1.807) is 0 Å². The van der Waals surface area contributed by atoms with Crippen LogP contribution in [0.25, 0.3) is 32.7 Å². The summed E-state index contributed by atoms with van der Waals surface area (Å²) in [6.45, 7) is 4.68. The first-order valence-electron chi connectivity index (χ1n) is 17.3. The summed E-state index contributed by atoms with van der Waals surface area (Å²) in [6.07, 6.45) is 0. The Balaban J connectivity index is 1.26. The van der Waals surface area contributed by atoms with E-state index >= 15 is 0 Å². The molecule has 8 aromatic rings. The predicted molar refractivity (Wildman–Crippen MR) is 208 cm³/mol. The lowest BCUT2D eigenvalue weighted by atomic mass is 9.73. The van der Waals surface area contributed by atoms with Crippen LogP contribution in [0.3, 0.4) is 0 Å². The average molecular weight is 643 g/mol. The van der Waals surface area contributed by atoms with Gasteiger partial charge in [0.15, 0.2) is 11.5 Å². The predicted octanol–water partition coefficient (Wildman–Crippen LogP) is 13.3. The van der Waals surface area contributed by atoms with E-state index in [4.69, 9.17) is 4.74 Å². The van der Waals surface area contributed by atoms with E-state index in [9.17, 15) is 0 Å². The number of hydrogen-bond donors (Lipinski definition) is 0. The first kappa shape index (κ1) is 28.7. The van der Waals surface area contributed by atoms with Crippen molar-refractivity contribution in [1.29, 1.82) is 0 Å². The van der Waals surface area contributed by atoms with Gasteiger partial charge in [0.25, 0.3) is 0 Å². The number of para-hydroxylation sites is 3. The molecule has 0 aliphatic carbocycles. The van der Waals surface area contributed by atoms with Crippen LogP contribution in [0.15, 0.2) is 170 Å². The maximum absolute atomic E-state index is 6.86.